The van der Waals surface area contributed by atoms with E-state index in [0.29, 0.717) is 41.3 Å². The summed E-state index contributed by atoms with van der Waals surface area (Å²) in [5.41, 5.74) is 1.47. The van der Waals surface area contributed by atoms with Crippen LogP contribution in [0.4, 0.5) is 10.2 Å². The van der Waals surface area contributed by atoms with Gasteiger partial charge in [-0.2, -0.15) is 5.10 Å². The predicted octanol–water partition coefficient (Wildman–Crippen LogP) is 3.94. The molecule has 0 unspecified atom stereocenters. The number of nitrogens with zero attached hydrogens (tertiary/aromatic N) is 6. The maximum Gasteiger partial charge on any atom is 0.261 e. The minimum atomic E-state index is -0.516. The fourth-order valence-electron chi connectivity index (χ4n) is 4.76. The molecule has 1 aliphatic carbocycles. The van der Waals surface area contributed by atoms with Crippen LogP contribution < -0.4 is 10.5 Å². The van der Waals surface area contributed by atoms with E-state index in [9.17, 15) is 4.79 Å². The molecule has 2 fully saturated rings. The van der Waals surface area contributed by atoms with Crippen molar-refractivity contribution in [3.05, 3.63) is 69.2 Å². The number of benzene rings is 1. The summed E-state index contributed by atoms with van der Waals surface area (Å²) in [7, 11) is 3.55. The van der Waals surface area contributed by atoms with E-state index >= 15 is 4.39 Å². The predicted molar refractivity (Wildman–Crippen MR) is 131 cm³/mol. The monoisotopic (exact) mass is 494 g/mol. The van der Waals surface area contributed by atoms with Crippen LogP contribution in [-0.2, 0) is 18.8 Å². The van der Waals surface area contributed by atoms with Crippen LogP contribution in [0.15, 0.2) is 41.5 Å². The molecule has 1 aromatic carbocycles. The first-order valence-corrected chi connectivity index (χ1v) is 11.9. The van der Waals surface area contributed by atoms with Gasteiger partial charge in [0.1, 0.15) is 34.8 Å². The highest BCUT2D eigenvalue weighted by Gasteiger charge is 2.51. The average molecular weight is 495 g/mol. The van der Waals surface area contributed by atoms with Gasteiger partial charge < -0.3 is 9.64 Å². The molecular weight excluding hydrogens is 471 g/mol. The molecule has 0 N–H and O–H groups in total. The van der Waals surface area contributed by atoms with E-state index in [4.69, 9.17) is 21.3 Å². The summed E-state index contributed by atoms with van der Waals surface area (Å²) in [6.45, 7) is 2.92. The quantitative estimate of drug-likeness (QED) is 0.429. The number of ether oxygens (including phenoxy) is 1. The van der Waals surface area contributed by atoms with Crippen molar-refractivity contribution in [1.29, 1.82) is 0 Å². The maximum absolute atomic E-state index is 15.1. The third-order valence-corrected chi connectivity index (χ3v) is 7.18. The highest BCUT2D eigenvalue weighted by Crippen LogP contribution is 2.48. The lowest BCUT2D eigenvalue weighted by Gasteiger charge is -2.39. The first-order chi connectivity index (χ1) is 16.7. The van der Waals surface area contributed by atoms with E-state index in [2.05, 4.69) is 15.0 Å². The van der Waals surface area contributed by atoms with Gasteiger partial charge in [0.2, 0.25) is 0 Å². The summed E-state index contributed by atoms with van der Waals surface area (Å²) in [6, 6.07) is 6.21. The molecule has 6 rings (SSSR count). The first kappa shape index (κ1) is 22.2. The molecule has 35 heavy (non-hydrogen) atoms. The van der Waals surface area contributed by atoms with Crippen LogP contribution in [0.25, 0.3) is 22.2 Å². The van der Waals surface area contributed by atoms with Gasteiger partial charge in [-0.25, -0.2) is 14.4 Å². The smallest absolute Gasteiger partial charge is 0.261 e. The van der Waals surface area contributed by atoms with E-state index < -0.39 is 5.82 Å². The molecule has 1 aliphatic heterocycles. The van der Waals surface area contributed by atoms with Crippen LogP contribution in [-0.4, -0.2) is 43.0 Å². The molecule has 3 aromatic heterocycles. The van der Waals surface area contributed by atoms with Gasteiger partial charge in [0.25, 0.3) is 5.56 Å². The highest BCUT2D eigenvalue weighted by molar-refractivity contribution is 6.30. The minimum absolute atomic E-state index is 0.188. The van der Waals surface area contributed by atoms with Crippen LogP contribution in [0.2, 0.25) is 5.02 Å². The minimum Gasteiger partial charge on any atom is -0.363 e. The van der Waals surface area contributed by atoms with Crippen LogP contribution in [0.1, 0.15) is 30.3 Å². The number of halogens is 2. The zero-order valence-electron chi connectivity index (χ0n) is 19.6. The molecule has 4 aromatic rings. The number of anilines is 1. The Morgan fingerprint density at radius 1 is 1.20 bits per heavy atom. The Morgan fingerprint density at radius 3 is 2.69 bits per heavy atom. The fourth-order valence-corrected chi connectivity index (χ4v) is 4.91. The summed E-state index contributed by atoms with van der Waals surface area (Å²) < 4.78 is 24.8. The molecule has 1 spiro atoms. The van der Waals surface area contributed by atoms with Crippen molar-refractivity contribution in [1.82, 2.24) is 24.3 Å². The Balaban J connectivity index is 1.53. The van der Waals surface area contributed by atoms with Crippen LogP contribution in [0.3, 0.4) is 0 Å². The van der Waals surface area contributed by atoms with E-state index in [1.54, 1.807) is 36.9 Å². The maximum atomic E-state index is 15.1. The topological polar surface area (TPSA) is 78.1 Å². The Labute approximate surface area is 205 Å². The largest absolute Gasteiger partial charge is 0.363 e. The molecular formula is C25H24ClFN6O2. The Bertz CT molecular complexity index is 1540. The molecule has 1 saturated heterocycles. The summed E-state index contributed by atoms with van der Waals surface area (Å²) in [4.78, 5) is 24.9. The second-order valence-electron chi connectivity index (χ2n) is 9.49. The highest BCUT2D eigenvalue weighted by atomic mass is 35.5. The number of aryl methyl sites for hydroxylation is 2. The lowest BCUT2D eigenvalue weighted by molar-refractivity contribution is -0.0455. The van der Waals surface area contributed by atoms with E-state index in [1.165, 1.54) is 10.6 Å². The molecule has 1 atom stereocenters. The van der Waals surface area contributed by atoms with Crippen molar-refractivity contribution in [2.45, 2.75) is 31.5 Å². The molecule has 8 nitrogen and oxygen atoms in total. The lowest BCUT2D eigenvalue weighted by atomic mass is 10.1. The molecule has 0 amide bonds. The van der Waals surface area contributed by atoms with Gasteiger partial charge in [-0.05, 0) is 44.0 Å². The van der Waals surface area contributed by atoms with Crippen molar-refractivity contribution in [2.24, 2.45) is 14.1 Å². The zero-order valence-corrected chi connectivity index (χ0v) is 20.4. The molecule has 2 aliphatic rings. The van der Waals surface area contributed by atoms with Crippen molar-refractivity contribution in [2.75, 3.05) is 18.0 Å². The van der Waals surface area contributed by atoms with Crippen molar-refractivity contribution in [3.63, 3.8) is 0 Å². The van der Waals surface area contributed by atoms with Gasteiger partial charge in [0.15, 0.2) is 0 Å². The number of hydrogen-bond acceptors (Lipinski definition) is 6. The average Bonchev–Trinajstić information content (AvgIpc) is 3.41. The molecule has 0 bridgehead atoms. The molecule has 1 saturated carbocycles. The van der Waals surface area contributed by atoms with E-state index in [1.807, 2.05) is 19.4 Å². The number of rotatable bonds is 3. The van der Waals surface area contributed by atoms with E-state index in [-0.39, 0.29) is 27.9 Å². The number of aromatic nitrogens is 5. The molecule has 180 valence electrons. The van der Waals surface area contributed by atoms with E-state index in [0.717, 1.165) is 18.4 Å². The Hall–Kier alpha value is -3.30. The second-order valence-corrected chi connectivity index (χ2v) is 9.93. The van der Waals surface area contributed by atoms with Crippen molar-refractivity contribution in [3.8, 4) is 11.3 Å². The summed E-state index contributed by atoms with van der Waals surface area (Å²) in [5.74, 6) is 0.596. The molecule has 0 radical (unpaired) electrons. The SMILES string of the molecule is Cc1nc2c(-c3ccc(Cl)cc3F)nc(N3C[C@H](c4cnn(C)c4)OC4(CC4)C3)cc2c(=O)n1C. The normalized spacial score (nSPS) is 19.0. The third-order valence-electron chi connectivity index (χ3n) is 6.95. The van der Waals surface area contributed by atoms with Crippen molar-refractivity contribution < 1.29 is 9.13 Å². The number of pyridine rings is 1. The van der Waals surface area contributed by atoms with Gasteiger partial charge in [-0.1, -0.05) is 11.6 Å². The lowest BCUT2D eigenvalue weighted by Crippen LogP contribution is -2.46. The Morgan fingerprint density at radius 2 is 2.00 bits per heavy atom. The van der Waals surface area contributed by atoms with Crippen LogP contribution in [0.5, 0.6) is 0 Å². The summed E-state index contributed by atoms with van der Waals surface area (Å²) in [6.07, 6.45) is 5.49. The Kier molecular flexibility index (Phi) is 4.98. The number of morpholine rings is 1. The fraction of sp³-hybridized carbons (Fsp3) is 0.360. The standard InChI is InChI=1S/C25H24ClFN6O2/c1-14-29-23-18(24(34)32(14)3)9-21(30-22(23)17-5-4-16(26)8-19(17)27)33-12-20(15-10-28-31(2)11-15)35-25(13-33)6-7-25/h4-5,8-11,20H,6-7,12-13H2,1-3H3/t20-/m1/s1. The molecule has 4 heterocycles. The van der Waals surface area contributed by atoms with Crippen molar-refractivity contribution >= 4 is 28.3 Å². The number of fused-ring (bicyclic) bond motifs is 1. The third kappa shape index (κ3) is 3.79. The van der Waals surface area contributed by atoms with Gasteiger partial charge in [0, 0.05) is 43.0 Å². The summed E-state index contributed by atoms with van der Waals surface area (Å²) >= 11 is 6.00. The summed E-state index contributed by atoms with van der Waals surface area (Å²) in [5, 5.41) is 4.97. The second kappa shape index (κ2) is 7.86. The first-order valence-electron chi connectivity index (χ1n) is 11.5. The number of hydrogen-bond donors (Lipinski definition) is 0. The molecule has 10 heteroatoms. The van der Waals surface area contributed by atoms with Crippen LogP contribution in [0, 0.1) is 12.7 Å². The zero-order chi connectivity index (χ0) is 24.5. The van der Waals surface area contributed by atoms with Gasteiger partial charge >= 0.3 is 0 Å². The van der Waals surface area contributed by atoms with Gasteiger partial charge in [-0.15, -0.1) is 0 Å². The van der Waals surface area contributed by atoms with Crippen LogP contribution >= 0.6 is 11.6 Å². The van der Waals surface area contributed by atoms with Gasteiger partial charge in [-0.3, -0.25) is 14.0 Å². The van der Waals surface area contributed by atoms with Gasteiger partial charge in [0.05, 0.1) is 23.7 Å².